The third-order valence-electron chi connectivity index (χ3n) is 3.40. The van der Waals surface area contributed by atoms with Gasteiger partial charge in [0.15, 0.2) is 6.04 Å². The van der Waals surface area contributed by atoms with Crippen LogP contribution in [0.25, 0.3) is 0 Å². The first kappa shape index (κ1) is 14.8. The van der Waals surface area contributed by atoms with Gasteiger partial charge in [-0.05, 0) is 24.3 Å². The minimum Gasteiger partial charge on any atom is -0.479 e. The molecule has 1 aliphatic rings. The second kappa shape index (κ2) is 6.71. The average molecular weight is 298 g/mol. The van der Waals surface area contributed by atoms with Crippen LogP contribution in [0.15, 0.2) is 17.5 Å². The monoisotopic (exact) mass is 298 g/mol. The van der Waals surface area contributed by atoms with Gasteiger partial charge >= 0.3 is 12.0 Å². The number of hydrogen-bond acceptors (Lipinski definition) is 4. The van der Waals surface area contributed by atoms with Gasteiger partial charge in [-0.15, -0.1) is 11.3 Å². The van der Waals surface area contributed by atoms with E-state index in [2.05, 4.69) is 5.32 Å². The van der Waals surface area contributed by atoms with Crippen molar-refractivity contribution in [2.24, 2.45) is 0 Å². The maximum Gasteiger partial charge on any atom is 0.331 e. The fourth-order valence-electron chi connectivity index (χ4n) is 2.22. The average Bonchev–Trinajstić information content (AvgIpc) is 2.98. The first-order chi connectivity index (χ1) is 9.61. The van der Waals surface area contributed by atoms with Crippen LogP contribution in [0.2, 0.25) is 0 Å². The zero-order valence-corrected chi connectivity index (χ0v) is 12.1. The molecule has 7 heteroatoms. The molecule has 2 heterocycles. The number of hydrogen-bond donors (Lipinski definition) is 2. The predicted molar refractivity (Wildman–Crippen MR) is 74.8 cm³/mol. The first-order valence-electron chi connectivity index (χ1n) is 6.46. The molecule has 0 bridgehead atoms. The van der Waals surface area contributed by atoms with E-state index < -0.39 is 12.0 Å². The second-order valence-electron chi connectivity index (χ2n) is 4.66. The molecule has 2 rings (SSSR count). The van der Waals surface area contributed by atoms with Crippen molar-refractivity contribution in [3.63, 3.8) is 0 Å². The van der Waals surface area contributed by atoms with E-state index in [0.717, 1.165) is 12.8 Å². The predicted octanol–water partition coefficient (Wildman–Crippen LogP) is 1.69. The Morgan fingerprint density at radius 1 is 1.50 bits per heavy atom. The van der Waals surface area contributed by atoms with Gasteiger partial charge in [0, 0.05) is 25.1 Å². The van der Waals surface area contributed by atoms with Crippen LogP contribution in [0.1, 0.15) is 23.8 Å². The molecule has 0 radical (unpaired) electrons. The number of piperidine rings is 1. The van der Waals surface area contributed by atoms with Crippen molar-refractivity contribution < 1.29 is 19.4 Å². The fourth-order valence-corrected chi connectivity index (χ4v) is 2.99. The molecule has 1 atom stereocenters. The Hall–Kier alpha value is -1.60. The fraction of sp³-hybridized carbons (Fsp3) is 0.538. The molecule has 20 heavy (non-hydrogen) atoms. The molecular formula is C13H18N2O4S. The first-order valence-corrected chi connectivity index (χ1v) is 7.34. The summed E-state index contributed by atoms with van der Waals surface area (Å²) in [5.74, 6) is -1.05. The lowest BCUT2D eigenvalue weighted by Crippen LogP contribution is -2.47. The Morgan fingerprint density at radius 3 is 2.70 bits per heavy atom. The smallest absolute Gasteiger partial charge is 0.331 e. The summed E-state index contributed by atoms with van der Waals surface area (Å²) in [4.78, 5) is 25.6. The maximum atomic E-state index is 12.1. The zero-order valence-electron chi connectivity index (χ0n) is 11.2. The van der Waals surface area contributed by atoms with Crippen LogP contribution in [0.3, 0.4) is 0 Å². The molecule has 6 nitrogen and oxygen atoms in total. The normalized spacial score (nSPS) is 17.8. The molecule has 0 aromatic carbocycles. The Bertz CT molecular complexity index is 455. The Balaban J connectivity index is 1.94. The number of methoxy groups -OCH3 is 1. The minimum atomic E-state index is -1.05. The summed E-state index contributed by atoms with van der Waals surface area (Å²) in [5.41, 5.74) is 0. The number of nitrogens with one attached hydrogen (secondary N) is 1. The number of ether oxygens (including phenoxy) is 1. The van der Waals surface area contributed by atoms with Crippen LogP contribution in [0.4, 0.5) is 4.79 Å². The molecule has 1 fully saturated rings. The van der Waals surface area contributed by atoms with Gasteiger partial charge in [0.05, 0.1) is 6.10 Å². The SMILES string of the molecule is COC1CCN(C(=O)NC(C(=O)O)c2cccs2)CC1. The topological polar surface area (TPSA) is 78.9 Å². The number of likely N-dealkylation sites (tertiary alicyclic amines) is 1. The summed E-state index contributed by atoms with van der Waals surface area (Å²) in [6.45, 7) is 1.17. The van der Waals surface area contributed by atoms with Gasteiger partial charge in [0.25, 0.3) is 0 Å². The van der Waals surface area contributed by atoms with E-state index >= 15 is 0 Å². The quantitative estimate of drug-likeness (QED) is 0.886. The number of rotatable bonds is 4. The highest BCUT2D eigenvalue weighted by Crippen LogP contribution is 2.20. The molecule has 1 aliphatic heterocycles. The molecule has 0 spiro atoms. The number of aliphatic carboxylic acids is 1. The van der Waals surface area contributed by atoms with Gasteiger partial charge in [0.1, 0.15) is 0 Å². The Labute approximate surface area is 121 Å². The number of urea groups is 1. The van der Waals surface area contributed by atoms with E-state index in [1.165, 1.54) is 11.3 Å². The summed E-state index contributed by atoms with van der Waals surface area (Å²) in [6, 6.07) is 2.16. The third-order valence-corrected chi connectivity index (χ3v) is 4.34. The van der Waals surface area contributed by atoms with Gasteiger partial charge in [-0.3, -0.25) is 0 Å². The summed E-state index contributed by atoms with van der Waals surface area (Å²) in [7, 11) is 1.66. The van der Waals surface area contributed by atoms with Gasteiger partial charge in [-0.1, -0.05) is 6.07 Å². The highest BCUT2D eigenvalue weighted by molar-refractivity contribution is 7.10. The molecular weight excluding hydrogens is 280 g/mol. The van der Waals surface area contributed by atoms with E-state index in [1.807, 2.05) is 0 Å². The molecule has 110 valence electrons. The van der Waals surface area contributed by atoms with Crippen molar-refractivity contribution in [3.8, 4) is 0 Å². The summed E-state index contributed by atoms with van der Waals surface area (Å²) in [5, 5.41) is 13.6. The molecule has 0 saturated carbocycles. The number of carboxylic acid groups (broad SMARTS) is 1. The van der Waals surface area contributed by atoms with E-state index in [4.69, 9.17) is 4.74 Å². The lowest BCUT2D eigenvalue weighted by molar-refractivity contribution is -0.139. The van der Waals surface area contributed by atoms with Crippen molar-refractivity contribution in [1.82, 2.24) is 10.2 Å². The lowest BCUT2D eigenvalue weighted by Gasteiger charge is -2.32. The number of carbonyl (C=O) groups is 2. The largest absolute Gasteiger partial charge is 0.479 e. The molecule has 1 aromatic heterocycles. The van der Waals surface area contributed by atoms with E-state index in [1.54, 1.807) is 29.5 Å². The van der Waals surface area contributed by atoms with Crippen molar-refractivity contribution in [2.75, 3.05) is 20.2 Å². The molecule has 2 amide bonds. The van der Waals surface area contributed by atoms with Crippen molar-refractivity contribution in [2.45, 2.75) is 25.0 Å². The molecule has 2 N–H and O–H groups in total. The van der Waals surface area contributed by atoms with Gasteiger partial charge < -0.3 is 20.1 Å². The van der Waals surface area contributed by atoms with Gasteiger partial charge in [0.2, 0.25) is 0 Å². The Kier molecular flexibility index (Phi) is 4.97. The molecule has 1 saturated heterocycles. The minimum absolute atomic E-state index is 0.187. The van der Waals surface area contributed by atoms with Crippen LogP contribution < -0.4 is 5.32 Å². The van der Waals surface area contributed by atoms with Gasteiger partial charge in [-0.2, -0.15) is 0 Å². The number of carboxylic acids is 1. The van der Waals surface area contributed by atoms with Crippen LogP contribution >= 0.6 is 11.3 Å². The highest BCUT2D eigenvalue weighted by Gasteiger charge is 2.28. The van der Waals surface area contributed by atoms with Crippen LogP contribution in [0, 0.1) is 0 Å². The Morgan fingerprint density at radius 2 is 2.20 bits per heavy atom. The lowest BCUT2D eigenvalue weighted by atomic mass is 10.1. The van der Waals surface area contributed by atoms with Crippen LogP contribution in [-0.4, -0.2) is 48.3 Å². The van der Waals surface area contributed by atoms with Crippen molar-refractivity contribution >= 4 is 23.3 Å². The number of carbonyl (C=O) groups excluding carboxylic acids is 1. The summed E-state index contributed by atoms with van der Waals surface area (Å²) < 4.78 is 5.25. The van der Waals surface area contributed by atoms with Crippen molar-refractivity contribution in [3.05, 3.63) is 22.4 Å². The zero-order chi connectivity index (χ0) is 14.5. The third kappa shape index (κ3) is 3.49. The molecule has 0 aliphatic carbocycles. The number of thiophene rings is 1. The highest BCUT2D eigenvalue weighted by atomic mass is 32.1. The standard InChI is InChI=1S/C13H18N2O4S/c1-19-9-4-6-15(7-5-9)13(18)14-11(12(16)17)10-3-2-8-20-10/h2-3,8-9,11H,4-7H2,1H3,(H,14,18)(H,16,17). The summed E-state index contributed by atoms with van der Waals surface area (Å²) >= 11 is 1.32. The molecule has 1 aromatic rings. The maximum absolute atomic E-state index is 12.1. The molecule has 1 unspecified atom stereocenters. The van der Waals surface area contributed by atoms with Gasteiger partial charge in [-0.25, -0.2) is 9.59 Å². The van der Waals surface area contributed by atoms with Crippen LogP contribution in [-0.2, 0) is 9.53 Å². The van der Waals surface area contributed by atoms with Crippen LogP contribution in [0.5, 0.6) is 0 Å². The summed E-state index contributed by atoms with van der Waals surface area (Å²) in [6.07, 6.45) is 1.74. The number of amides is 2. The second-order valence-corrected chi connectivity index (χ2v) is 5.64. The number of nitrogens with zero attached hydrogens (tertiary/aromatic N) is 1. The van der Waals surface area contributed by atoms with E-state index in [0.29, 0.717) is 18.0 Å². The van der Waals surface area contributed by atoms with Crippen molar-refractivity contribution in [1.29, 1.82) is 0 Å². The van der Waals surface area contributed by atoms with E-state index in [-0.39, 0.29) is 12.1 Å². The van der Waals surface area contributed by atoms with E-state index in [9.17, 15) is 14.7 Å².